The molecule has 0 spiro atoms. The monoisotopic (exact) mass is 196 g/mol. The summed E-state index contributed by atoms with van der Waals surface area (Å²) in [6, 6.07) is 0. The summed E-state index contributed by atoms with van der Waals surface area (Å²) in [5.74, 6) is 2.23. The van der Waals surface area contributed by atoms with Crippen molar-refractivity contribution in [2.24, 2.45) is 17.8 Å². The Morgan fingerprint density at radius 1 is 1.29 bits per heavy atom. The Morgan fingerprint density at radius 2 is 1.93 bits per heavy atom. The van der Waals surface area contributed by atoms with Crippen molar-refractivity contribution in [3.63, 3.8) is 0 Å². The fraction of sp³-hybridized carbons (Fsp3) is 0.846. The molecule has 14 heavy (non-hydrogen) atoms. The molecule has 0 saturated carbocycles. The van der Waals surface area contributed by atoms with Gasteiger partial charge in [0, 0.05) is 0 Å². The van der Waals surface area contributed by atoms with Crippen molar-refractivity contribution >= 4 is 0 Å². The molecule has 4 atom stereocenters. The molecule has 1 nitrogen and oxygen atoms in total. The molecule has 1 fully saturated rings. The molecule has 0 aliphatic carbocycles. The first kappa shape index (κ1) is 11.8. The standard InChI is InChI=1S/C13H24O/c1-6-7-13-11(5)12(9(2)3)8-10(4)14-13/h6-7,9-13H,8H2,1-5H3/b7-6+/t10?,11?,12-,13+/m1/s1. The molecule has 1 aliphatic rings. The molecular formula is C13H24O. The summed E-state index contributed by atoms with van der Waals surface area (Å²) >= 11 is 0. The van der Waals surface area contributed by atoms with Crippen LogP contribution in [-0.4, -0.2) is 12.2 Å². The number of hydrogen-bond donors (Lipinski definition) is 0. The van der Waals surface area contributed by atoms with Crippen LogP contribution < -0.4 is 0 Å². The van der Waals surface area contributed by atoms with Crippen molar-refractivity contribution in [2.75, 3.05) is 0 Å². The highest BCUT2D eigenvalue weighted by atomic mass is 16.5. The minimum absolute atomic E-state index is 0.330. The van der Waals surface area contributed by atoms with Crippen molar-refractivity contribution in [3.05, 3.63) is 12.2 Å². The molecule has 1 saturated heterocycles. The van der Waals surface area contributed by atoms with E-state index in [1.54, 1.807) is 0 Å². The van der Waals surface area contributed by atoms with Crippen LogP contribution in [0.15, 0.2) is 12.2 Å². The van der Waals surface area contributed by atoms with E-state index in [1.165, 1.54) is 6.42 Å². The van der Waals surface area contributed by atoms with Crippen LogP contribution >= 0.6 is 0 Å². The molecular weight excluding hydrogens is 172 g/mol. The predicted molar refractivity (Wildman–Crippen MR) is 61.3 cm³/mol. The summed E-state index contributed by atoms with van der Waals surface area (Å²) in [4.78, 5) is 0. The van der Waals surface area contributed by atoms with Gasteiger partial charge in [-0.05, 0) is 38.0 Å². The van der Waals surface area contributed by atoms with Crippen molar-refractivity contribution in [1.82, 2.24) is 0 Å². The Balaban J connectivity index is 2.70. The molecule has 1 aliphatic heterocycles. The van der Waals surface area contributed by atoms with Crippen LogP contribution in [0.1, 0.15) is 41.0 Å². The number of hydrogen-bond acceptors (Lipinski definition) is 1. The summed E-state index contributed by atoms with van der Waals surface area (Å²) in [7, 11) is 0. The van der Waals surface area contributed by atoms with Crippen LogP contribution in [0.4, 0.5) is 0 Å². The lowest BCUT2D eigenvalue weighted by Crippen LogP contribution is -2.39. The minimum Gasteiger partial charge on any atom is -0.371 e. The Kier molecular flexibility index (Phi) is 4.18. The quantitative estimate of drug-likeness (QED) is 0.613. The van der Waals surface area contributed by atoms with E-state index in [2.05, 4.69) is 46.8 Å². The Morgan fingerprint density at radius 3 is 2.43 bits per heavy atom. The molecule has 0 N–H and O–H groups in total. The lowest BCUT2D eigenvalue weighted by molar-refractivity contribution is -0.0827. The number of ether oxygens (including phenoxy) is 1. The third kappa shape index (κ3) is 2.60. The second kappa shape index (κ2) is 4.97. The highest BCUT2D eigenvalue weighted by Crippen LogP contribution is 2.35. The normalized spacial score (nSPS) is 39.6. The zero-order valence-corrected chi connectivity index (χ0v) is 10.2. The van der Waals surface area contributed by atoms with E-state index in [9.17, 15) is 0 Å². The van der Waals surface area contributed by atoms with Gasteiger partial charge in [-0.1, -0.05) is 32.9 Å². The molecule has 1 rings (SSSR count). The van der Waals surface area contributed by atoms with E-state index < -0.39 is 0 Å². The van der Waals surface area contributed by atoms with Crippen LogP contribution in [0, 0.1) is 17.8 Å². The third-order valence-corrected chi connectivity index (χ3v) is 3.43. The molecule has 0 aromatic rings. The van der Waals surface area contributed by atoms with Gasteiger partial charge in [-0.25, -0.2) is 0 Å². The van der Waals surface area contributed by atoms with Gasteiger partial charge in [-0.15, -0.1) is 0 Å². The first-order valence-electron chi connectivity index (χ1n) is 5.84. The molecule has 1 heterocycles. The van der Waals surface area contributed by atoms with Gasteiger partial charge >= 0.3 is 0 Å². The van der Waals surface area contributed by atoms with Crippen molar-refractivity contribution in [1.29, 1.82) is 0 Å². The summed E-state index contributed by atoms with van der Waals surface area (Å²) in [6.45, 7) is 11.2. The molecule has 0 bridgehead atoms. The number of allylic oxidation sites excluding steroid dienone is 1. The van der Waals surface area contributed by atoms with E-state index in [-0.39, 0.29) is 0 Å². The fourth-order valence-corrected chi connectivity index (χ4v) is 2.58. The molecule has 2 unspecified atom stereocenters. The van der Waals surface area contributed by atoms with E-state index >= 15 is 0 Å². The van der Waals surface area contributed by atoms with Crippen molar-refractivity contribution in [2.45, 2.75) is 53.2 Å². The summed E-state index contributed by atoms with van der Waals surface area (Å²) in [6.07, 6.45) is 6.27. The zero-order chi connectivity index (χ0) is 10.7. The lowest BCUT2D eigenvalue weighted by atomic mass is 9.76. The summed E-state index contributed by atoms with van der Waals surface area (Å²) in [5, 5.41) is 0. The van der Waals surface area contributed by atoms with E-state index in [1.807, 2.05) is 0 Å². The highest BCUT2D eigenvalue weighted by molar-refractivity contribution is 4.95. The van der Waals surface area contributed by atoms with Crippen LogP contribution in [0.2, 0.25) is 0 Å². The molecule has 0 aromatic carbocycles. The first-order valence-corrected chi connectivity index (χ1v) is 5.84. The second-order valence-electron chi connectivity index (χ2n) is 4.94. The van der Waals surface area contributed by atoms with Crippen molar-refractivity contribution < 1.29 is 4.74 Å². The van der Waals surface area contributed by atoms with Crippen molar-refractivity contribution in [3.8, 4) is 0 Å². The lowest BCUT2D eigenvalue weighted by Gasteiger charge is -2.40. The molecule has 0 amide bonds. The molecule has 82 valence electrons. The Labute approximate surface area is 88.5 Å². The smallest absolute Gasteiger partial charge is 0.0787 e. The van der Waals surface area contributed by atoms with Crippen LogP contribution in [0.3, 0.4) is 0 Å². The van der Waals surface area contributed by atoms with Gasteiger partial charge in [0.25, 0.3) is 0 Å². The maximum absolute atomic E-state index is 5.93. The average molecular weight is 196 g/mol. The number of rotatable bonds is 2. The van der Waals surface area contributed by atoms with Gasteiger partial charge in [-0.2, -0.15) is 0 Å². The van der Waals surface area contributed by atoms with Gasteiger partial charge in [0.05, 0.1) is 12.2 Å². The maximum atomic E-state index is 5.93. The molecule has 0 radical (unpaired) electrons. The fourth-order valence-electron chi connectivity index (χ4n) is 2.58. The molecule has 1 heteroatoms. The summed E-state index contributed by atoms with van der Waals surface area (Å²) in [5.41, 5.74) is 0. The Bertz CT molecular complexity index is 195. The third-order valence-electron chi connectivity index (χ3n) is 3.43. The van der Waals surface area contributed by atoms with Gasteiger partial charge < -0.3 is 4.74 Å². The van der Waals surface area contributed by atoms with Gasteiger partial charge in [0.2, 0.25) is 0 Å². The largest absolute Gasteiger partial charge is 0.371 e. The van der Waals surface area contributed by atoms with Crippen LogP contribution in [-0.2, 0) is 4.74 Å². The first-order chi connectivity index (χ1) is 6.56. The zero-order valence-electron chi connectivity index (χ0n) is 10.2. The van der Waals surface area contributed by atoms with Crippen LogP contribution in [0.5, 0.6) is 0 Å². The average Bonchev–Trinajstić information content (AvgIpc) is 2.10. The van der Waals surface area contributed by atoms with E-state index in [4.69, 9.17) is 4.74 Å². The summed E-state index contributed by atoms with van der Waals surface area (Å²) < 4.78 is 5.93. The van der Waals surface area contributed by atoms with E-state index in [0.717, 1.165) is 11.8 Å². The van der Waals surface area contributed by atoms with E-state index in [0.29, 0.717) is 18.1 Å². The van der Waals surface area contributed by atoms with Gasteiger partial charge in [-0.3, -0.25) is 0 Å². The van der Waals surface area contributed by atoms with Gasteiger partial charge in [0.1, 0.15) is 0 Å². The minimum atomic E-state index is 0.330. The van der Waals surface area contributed by atoms with Gasteiger partial charge in [0.15, 0.2) is 0 Å². The predicted octanol–water partition coefficient (Wildman–Crippen LogP) is 3.65. The highest BCUT2D eigenvalue weighted by Gasteiger charge is 2.34. The van der Waals surface area contributed by atoms with Crippen LogP contribution in [0.25, 0.3) is 0 Å². The topological polar surface area (TPSA) is 9.23 Å². The maximum Gasteiger partial charge on any atom is 0.0787 e. The SMILES string of the molecule is C/C=C/[C@@H]1OC(C)C[C@H](C(C)C)C1C. The molecule has 0 aromatic heterocycles. The Hall–Kier alpha value is -0.300. The second-order valence-corrected chi connectivity index (χ2v) is 4.94.